The average molecular weight is 322 g/mol. The molecule has 0 aliphatic rings. The van der Waals surface area contributed by atoms with Crippen molar-refractivity contribution in [2.75, 3.05) is 6.54 Å². The number of carbonyl (C=O) groups is 2. The predicted octanol–water partition coefficient (Wildman–Crippen LogP) is 2.87. The number of furan rings is 1. The van der Waals surface area contributed by atoms with Crippen LogP contribution in [0.1, 0.15) is 22.5 Å². The lowest BCUT2D eigenvalue weighted by Gasteiger charge is -2.07. The standard InChI is InChI=1S/C19H18N2O3/c22-18(9-10-20-19(23)17-6-3-11-24-17)21-13-14-7-8-15-4-1-2-5-16(15)12-14/h1-8,11-12H,9-10,13H2,(H,20,23)(H,21,22). The Labute approximate surface area is 139 Å². The van der Waals surface area contributed by atoms with Crippen LogP contribution in [0.15, 0.2) is 65.3 Å². The van der Waals surface area contributed by atoms with Crippen molar-refractivity contribution in [3.63, 3.8) is 0 Å². The summed E-state index contributed by atoms with van der Waals surface area (Å²) in [5.74, 6) is -0.184. The van der Waals surface area contributed by atoms with Crippen molar-refractivity contribution < 1.29 is 14.0 Å². The summed E-state index contributed by atoms with van der Waals surface area (Å²) >= 11 is 0. The van der Waals surface area contributed by atoms with Gasteiger partial charge < -0.3 is 15.1 Å². The fourth-order valence-electron chi connectivity index (χ4n) is 2.42. The molecule has 0 atom stereocenters. The normalized spacial score (nSPS) is 10.5. The van der Waals surface area contributed by atoms with Crippen molar-refractivity contribution in [3.8, 4) is 0 Å². The Morgan fingerprint density at radius 3 is 2.54 bits per heavy atom. The Bertz CT molecular complexity index is 841. The Morgan fingerprint density at radius 1 is 0.917 bits per heavy atom. The van der Waals surface area contributed by atoms with Crippen molar-refractivity contribution in [1.29, 1.82) is 0 Å². The molecule has 0 saturated carbocycles. The first kappa shape index (κ1) is 15.8. The van der Waals surface area contributed by atoms with E-state index in [9.17, 15) is 9.59 Å². The molecule has 0 saturated heterocycles. The van der Waals surface area contributed by atoms with Crippen molar-refractivity contribution in [3.05, 3.63) is 72.2 Å². The second kappa shape index (κ2) is 7.46. The van der Waals surface area contributed by atoms with Crippen LogP contribution in [-0.2, 0) is 11.3 Å². The van der Waals surface area contributed by atoms with Crippen LogP contribution in [-0.4, -0.2) is 18.4 Å². The maximum absolute atomic E-state index is 11.9. The molecule has 2 amide bonds. The molecule has 3 aromatic rings. The summed E-state index contributed by atoms with van der Waals surface area (Å²) in [6.07, 6.45) is 1.66. The SMILES string of the molecule is O=C(CCNC(=O)c1ccco1)NCc1ccc2ccccc2c1. The lowest BCUT2D eigenvalue weighted by atomic mass is 10.1. The first-order valence-corrected chi connectivity index (χ1v) is 7.78. The Balaban J connectivity index is 1.44. The van der Waals surface area contributed by atoms with Gasteiger partial charge >= 0.3 is 0 Å². The highest BCUT2D eigenvalue weighted by atomic mass is 16.3. The van der Waals surface area contributed by atoms with Gasteiger partial charge in [0.15, 0.2) is 5.76 Å². The third kappa shape index (κ3) is 4.01. The number of amides is 2. The maximum atomic E-state index is 11.9. The van der Waals surface area contributed by atoms with Gasteiger partial charge in [-0.05, 0) is 34.5 Å². The number of hydrogen-bond donors (Lipinski definition) is 2. The highest BCUT2D eigenvalue weighted by Crippen LogP contribution is 2.15. The second-order valence-electron chi connectivity index (χ2n) is 5.44. The molecule has 1 heterocycles. The third-order valence-corrected chi connectivity index (χ3v) is 3.69. The second-order valence-corrected chi connectivity index (χ2v) is 5.44. The fourth-order valence-corrected chi connectivity index (χ4v) is 2.42. The summed E-state index contributed by atoms with van der Waals surface area (Å²) in [6, 6.07) is 17.4. The number of carbonyl (C=O) groups excluding carboxylic acids is 2. The molecule has 24 heavy (non-hydrogen) atoms. The van der Waals surface area contributed by atoms with Gasteiger partial charge in [-0.3, -0.25) is 9.59 Å². The van der Waals surface area contributed by atoms with E-state index < -0.39 is 0 Å². The van der Waals surface area contributed by atoms with Crippen LogP contribution in [0.2, 0.25) is 0 Å². The number of fused-ring (bicyclic) bond motifs is 1. The largest absolute Gasteiger partial charge is 0.459 e. The Kier molecular flexibility index (Phi) is 4.91. The van der Waals surface area contributed by atoms with E-state index >= 15 is 0 Å². The molecule has 5 nitrogen and oxygen atoms in total. The van der Waals surface area contributed by atoms with E-state index in [4.69, 9.17) is 4.42 Å². The van der Waals surface area contributed by atoms with Gasteiger partial charge in [-0.15, -0.1) is 0 Å². The molecule has 2 N–H and O–H groups in total. The minimum atomic E-state index is -0.317. The maximum Gasteiger partial charge on any atom is 0.286 e. The predicted molar refractivity (Wildman–Crippen MR) is 91.5 cm³/mol. The van der Waals surface area contributed by atoms with Crippen molar-refractivity contribution in [2.24, 2.45) is 0 Å². The molecule has 0 aliphatic carbocycles. The smallest absolute Gasteiger partial charge is 0.286 e. The summed E-state index contributed by atoms with van der Waals surface area (Å²) in [7, 11) is 0. The summed E-state index contributed by atoms with van der Waals surface area (Å²) in [4.78, 5) is 23.5. The summed E-state index contributed by atoms with van der Waals surface area (Å²) in [5.41, 5.74) is 1.04. The van der Waals surface area contributed by atoms with Crippen LogP contribution in [0.4, 0.5) is 0 Å². The number of hydrogen-bond acceptors (Lipinski definition) is 3. The van der Waals surface area contributed by atoms with Gasteiger partial charge in [0.25, 0.3) is 5.91 Å². The van der Waals surface area contributed by atoms with E-state index in [2.05, 4.69) is 22.8 Å². The van der Waals surface area contributed by atoms with Crippen LogP contribution in [0.5, 0.6) is 0 Å². The van der Waals surface area contributed by atoms with E-state index in [1.165, 1.54) is 11.6 Å². The lowest BCUT2D eigenvalue weighted by Crippen LogP contribution is -2.30. The van der Waals surface area contributed by atoms with Gasteiger partial charge in [0.2, 0.25) is 5.91 Å². The summed E-state index contributed by atoms with van der Waals surface area (Å²) in [5, 5.41) is 7.83. The Hall–Kier alpha value is -3.08. The summed E-state index contributed by atoms with van der Waals surface area (Å²) < 4.78 is 4.98. The first-order valence-electron chi connectivity index (χ1n) is 7.78. The number of benzene rings is 2. The lowest BCUT2D eigenvalue weighted by molar-refractivity contribution is -0.121. The molecule has 2 aromatic carbocycles. The first-order chi connectivity index (χ1) is 11.7. The molecular weight excluding hydrogens is 304 g/mol. The molecule has 5 heteroatoms. The van der Waals surface area contributed by atoms with E-state index in [0.29, 0.717) is 6.54 Å². The number of nitrogens with one attached hydrogen (secondary N) is 2. The van der Waals surface area contributed by atoms with E-state index in [-0.39, 0.29) is 30.5 Å². The molecule has 0 bridgehead atoms. The minimum absolute atomic E-state index is 0.108. The Morgan fingerprint density at radius 2 is 1.75 bits per heavy atom. The zero-order chi connectivity index (χ0) is 16.8. The monoisotopic (exact) mass is 322 g/mol. The summed E-state index contributed by atoms with van der Waals surface area (Å²) in [6.45, 7) is 0.735. The molecule has 0 fully saturated rings. The molecule has 0 unspecified atom stereocenters. The quantitative estimate of drug-likeness (QED) is 0.733. The molecule has 0 spiro atoms. The van der Waals surface area contributed by atoms with Crippen LogP contribution < -0.4 is 10.6 Å². The topological polar surface area (TPSA) is 71.3 Å². The van der Waals surface area contributed by atoms with Crippen molar-refractivity contribution in [2.45, 2.75) is 13.0 Å². The fraction of sp³-hybridized carbons (Fsp3) is 0.158. The zero-order valence-electron chi connectivity index (χ0n) is 13.1. The van der Waals surface area contributed by atoms with Crippen molar-refractivity contribution in [1.82, 2.24) is 10.6 Å². The highest BCUT2D eigenvalue weighted by molar-refractivity contribution is 5.91. The molecular formula is C19H18N2O3. The zero-order valence-corrected chi connectivity index (χ0v) is 13.1. The van der Waals surface area contributed by atoms with Gasteiger partial charge in [0.1, 0.15) is 0 Å². The van der Waals surface area contributed by atoms with Crippen LogP contribution >= 0.6 is 0 Å². The van der Waals surface area contributed by atoms with Crippen LogP contribution in [0.3, 0.4) is 0 Å². The van der Waals surface area contributed by atoms with E-state index in [1.807, 2.05) is 30.3 Å². The molecule has 122 valence electrons. The molecule has 0 radical (unpaired) electrons. The highest BCUT2D eigenvalue weighted by Gasteiger charge is 2.08. The van der Waals surface area contributed by atoms with E-state index in [0.717, 1.165) is 10.9 Å². The van der Waals surface area contributed by atoms with Crippen molar-refractivity contribution >= 4 is 22.6 Å². The molecule has 1 aromatic heterocycles. The van der Waals surface area contributed by atoms with Gasteiger partial charge in [0, 0.05) is 19.5 Å². The van der Waals surface area contributed by atoms with Crippen LogP contribution in [0.25, 0.3) is 10.8 Å². The van der Waals surface area contributed by atoms with Gasteiger partial charge in [-0.25, -0.2) is 0 Å². The van der Waals surface area contributed by atoms with Gasteiger partial charge in [-0.1, -0.05) is 36.4 Å². The third-order valence-electron chi connectivity index (χ3n) is 3.69. The van der Waals surface area contributed by atoms with E-state index in [1.54, 1.807) is 12.1 Å². The number of rotatable bonds is 6. The average Bonchev–Trinajstić information content (AvgIpc) is 3.14. The molecule has 0 aliphatic heterocycles. The minimum Gasteiger partial charge on any atom is -0.459 e. The van der Waals surface area contributed by atoms with Gasteiger partial charge in [0.05, 0.1) is 6.26 Å². The molecule has 3 rings (SSSR count). The van der Waals surface area contributed by atoms with Crippen LogP contribution in [0, 0.1) is 0 Å². The van der Waals surface area contributed by atoms with Gasteiger partial charge in [-0.2, -0.15) is 0 Å².